The Morgan fingerprint density at radius 3 is 2.75 bits per heavy atom. The molecule has 0 aromatic carbocycles. The fourth-order valence-corrected chi connectivity index (χ4v) is 3.43. The molecule has 2 amide bonds. The van der Waals surface area contributed by atoms with Crippen molar-refractivity contribution >= 4 is 28.7 Å². The second-order valence-corrected chi connectivity index (χ2v) is 7.07. The van der Waals surface area contributed by atoms with Crippen LogP contribution >= 0.6 is 22.7 Å². The molecule has 2 aromatic rings. The van der Waals surface area contributed by atoms with Crippen molar-refractivity contribution in [1.82, 2.24) is 15.6 Å². The fraction of sp³-hybridized carbons (Fsp3) is 0.429. The molecular weight excluding hydrogens is 290 g/mol. The number of urea groups is 1. The first-order chi connectivity index (χ1) is 9.54. The maximum atomic E-state index is 11.7. The number of thiazole rings is 1. The van der Waals surface area contributed by atoms with E-state index in [0.717, 1.165) is 10.7 Å². The van der Waals surface area contributed by atoms with E-state index in [-0.39, 0.29) is 11.9 Å². The normalized spacial score (nSPS) is 12.2. The fourth-order valence-electron chi connectivity index (χ4n) is 1.74. The van der Waals surface area contributed by atoms with E-state index in [0.29, 0.717) is 13.1 Å². The van der Waals surface area contributed by atoms with Crippen LogP contribution in [-0.2, 0) is 6.54 Å². The Morgan fingerprint density at radius 2 is 2.15 bits per heavy atom. The quantitative estimate of drug-likeness (QED) is 0.889. The minimum atomic E-state index is -0.129. The Morgan fingerprint density at radius 1 is 1.35 bits per heavy atom. The average molecular weight is 309 g/mol. The molecule has 0 aliphatic rings. The molecule has 0 radical (unpaired) electrons. The number of rotatable bonds is 5. The van der Waals surface area contributed by atoms with E-state index in [2.05, 4.69) is 35.5 Å². The molecule has 2 heterocycles. The van der Waals surface area contributed by atoms with Crippen molar-refractivity contribution in [3.05, 3.63) is 38.0 Å². The van der Waals surface area contributed by atoms with Gasteiger partial charge in [-0.15, -0.1) is 22.7 Å². The lowest BCUT2D eigenvalue weighted by Crippen LogP contribution is -2.36. The number of nitrogens with one attached hydrogen (secondary N) is 2. The summed E-state index contributed by atoms with van der Waals surface area (Å²) in [7, 11) is 0. The molecule has 4 nitrogen and oxygen atoms in total. The minimum Gasteiger partial charge on any atom is -0.337 e. The lowest BCUT2D eigenvalue weighted by Gasteiger charge is -2.10. The van der Waals surface area contributed by atoms with Gasteiger partial charge in [0.2, 0.25) is 0 Å². The van der Waals surface area contributed by atoms with Gasteiger partial charge in [-0.1, -0.05) is 6.92 Å². The van der Waals surface area contributed by atoms with Crippen molar-refractivity contribution in [3.63, 3.8) is 0 Å². The smallest absolute Gasteiger partial charge is 0.315 e. The van der Waals surface area contributed by atoms with Crippen LogP contribution < -0.4 is 10.6 Å². The van der Waals surface area contributed by atoms with Crippen molar-refractivity contribution in [2.45, 2.75) is 33.2 Å². The summed E-state index contributed by atoms with van der Waals surface area (Å²) in [6.07, 6.45) is 0. The van der Waals surface area contributed by atoms with E-state index in [9.17, 15) is 4.79 Å². The van der Waals surface area contributed by atoms with Crippen molar-refractivity contribution in [3.8, 4) is 0 Å². The summed E-state index contributed by atoms with van der Waals surface area (Å²) in [6.45, 7) is 7.29. The molecule has 2 N–H and O–H groups in total. The van der Waals surface area contributed by atoms with Crippen LogP contribution in [0.1, 0.15) is 33.3 Å². The van der Waals surface area contributed by atoms with Crippen molar-refractivity contribution in [1.29, 1.82) is 0 Å². The van der Waals surface area contributed by atoms with Crippen molar-refractivity contribution < 1.29 is 4.79 Å². The van der Waals surface area contributed by atoms with E-state index in [1.807, 2.05) is 18.4 Å². The molecule has 0 spiro atoms. The lowest BCUT2D eigenvalue weighted by molar-refractivity contribution is 0.240. The molecule has 1 atom stereocenters. The van der Waals surface area contributed by atoms with Crippen LogP contribution in [-0.4, -0.2) is 17.6 Å². The summed E-state index contributed by atoms with van der Waals surface area (Å²) in [5.74, 6) is 0.239. The number of aromatic nitrogens is 1. The standard InChI is InChI=1S/C14H19N3OS2/c1-9(13-17-10(2)8-19-13)6-15-14(18)16-7-12-5-4-11(3)20-12/h4-5,8-9H,6-7H2,1-3H3,(H2,15,16,18)/t9-/m0/s1. The van der Waals surface area contributed by atoms with Gasteiger partial charge in [0.15, 0.2) is 0 Å². The zero-order valence-electron chi connectivity index (χ0n) is 11.9. The zero-order valence-corrected chi connectivity index (χ0v) is 13.5. The molecule has 0 fully saturated rings. The Bertz CT molecular complexity index is 576. The van der Waals surface area contributed by atoms with Crippen LogP contribution in [0.25, 0.3) is 0 Å². The molecule has 2 aromatic heterocycles. The third-order valence-corrected chi connectivity index (χ3v) is 5.04. The summed E-state index contributed by atoms with van der Waals surface area (Å²) < 4.78 is 0. The highest BCUT2D eigenvalue weighted by Crippen LogP contribution is 2.18. The third-order valence-electron chi connectivity index (χ3n) is 2.85. The largest absolute Gasteiger partial charge is 0.337 e. The van der Waals surface area contributed by atoms with Gasteiger partial charge in [0.05, 0.1) is 11.6 Å². The van der Waals surface area contributed by atoms with Gasteiger partial charge in [0, 0.05) is 33.3 Å². The monoisotopic (exact) mass is 309 g/mol. The highest BCUT2D eigenvalue weighted by molar-refractivity contribution is 7.11. The van der Waals surface area contributed by atoms with Gasteiger partial charge < -0.3 is 10.6 Å². The highest BCUT2D eigenvalue weighted by atomic mass is 32.1. The minimum absolute atomic E-state index is 0.129. The zero-order chi connectivity index (χ0) is 14.5. The predicted octanol–water partition coefficient (Wildman–Crippen LogP) is 3.42. The van der Waals surface area contributed by atoms with E-state index in [1.54, 1.807) is 22.7 Å². The van der Waals surface area contributed by atoms with E-state index in [4.69, 9.17) is 0 Å². The second kappa shape index (κ2) is 6.85. The molecule has 6 heteroatoms. The van der Waals surface area contributed by atoms with Gasteiger partial charge in [-0.3, -0.25) is 0 Å². The second-order valence-electron chi connectivity index (χ2n) is 4.80. The molecule has 0 aliphatic heterocycles. The average Bonchev–Trinajstić information content (AvgIpc) is 3.02. The van der Waals surface area contributed by atoms with Gasteiger partial charge in [0.1, 0.15) is 0 Å². The topological polar surface area (TPSA) is 54.0 Å². The van der Waals surface area contributed by atoms with Gasteiger partial charge in [-0.05, 0) is 26.0 Å². The first kappa shape index (κ1) is 15.0. The number of nitrogens with zero attached hydrogens (tertiary/aromatic N) is 1. The lowest BCUT2D eigenvalue weighted by atomic mass is 10.2. The molecule has 20 heavy (non-hydrogen) atoms. The van der Waals surface area contributed by atoms with Crippen LogP contribution in [0, 0.1) is 13.8 Å². The maximum absolute atomic E-state index is 11.7. The van der Waals surface area contributed by atoms with E-state index >= 15 is 0 Å². The first-order valence-electron chi connectivity index (χ1n) is 6.53. The molecule has 108 valence electrons. The Labute approximate surface area is 127 Å². The van der Waals surface area contributed by atoms with Gasteiger partial charge >= 0.3 is 6.03 Å². The number of hydrogen-bond donors (Lipinski definition) is 2. The van der Waals surface area contributed by atoms with Gasteiger partial charge in [0.25, 0.3) is 0 Å². The molecule has 0 saturated carbocycles. The van der Waals surface area contributed by atoms with Crippen LogP contribution in [0.15, 0.2) is 17.5 Å². The predicted molar refractivity (Wildman–Crippen MR) is 84.6 cm³/mol. The summed E-state index contributed by atoms with van der Waals surface area (Å²) in [5, 5.41) is 8.86. The molecule has 0 unspecified atom stereocenters. The number of carbonyl (C=O) groups is 1. The Kier molecular flexibility index (Phi) is 5.14. The number of thiophene rings is 1. The van der Waals surface area contributed by atoms with E-state index < -0.39 is 0 Å². The number of carbonyl (C=O) groups excluding carboxylic acids is 1. The summed E-state index contributed by atoms with van der Waals surface area (Å²) in [6, 6.07) is 3.98. The van der Waals surface area contributed by atoms with Crippen molar-refractivity contribution in [2.24, 2.45) is 0 Å². The SMILES string of the molecule is Cc1csc([C@@H](C)CNC(=O)NCc2ccc(C)s2)n1. The summed E-state index contributed by atoms with van der Waals surface area (Å²) >= 11 is 3.34. The number of hydrogen-bond acceptors (Lipinski definition) is 4. The van der Waals surface area contributed by atoms with Crippen LogP contribution in [0.4, 0.5) is 4.79 Å². The number of aryl methyl sites for hydroxylation is 2. The van der Waals surface area contributed by atoms with Crippen LogP contribution in [0.3, 0.4) is 0 Å². The van der Waals surface area contributed by atoms with Crippen molar-refractivity contribution in [2.75, 3.05) is 6.54 Å². The Hall–Kier alpha value is -1.40. The third kappa shape index (κ3) is 4.31. The van der Waals surface area contributed by atoms with Gasteiger partial charge in [-0.25, -0.2) is 9.78 Å². The van der Waals surface area contributed by atoms with Gasteiger partial charge in [-0.2, -0.15) is 0 Å². The van der Waals surface area contributed by atoms with Crippen LogP contribution in [0.2, 0.25) is 0 Å². The maximum Gasteiger partial charge on any atom is 0.315 e. The number of amides is 2. The van der Waals surface area contributed by atoms with E-state index in [1.165, 1.54) is 9.75 Å². The molecule has 0 saturated heterocycles. The summed E-state index contributed by atoms with van der Waals surface area (Å²) in [5.41, 5.74) is 1.04. The molecule has 2 rings (SSSR count). The molecule has 0 aliphatic carbocycles. The highest BCUT2D eigenvalue weighted by Gasteiger charge is 2.11. The first-order valence-corrected chi connectivity index (χ1v) is 8.23. The molecule has 0 bridgehead atoms. The summed E-state index contributed by atoms with van der Waals surface area (Å²) in [4.78, 5) is 18.6. The Balaban J connectivity index is 1.72. The molecular formula is C14H19N3OS2. The van der Waals surface area contributed by atoms with Crippen LogP contribution in [0.5, 0.6) is 0 Å².